The second-order valence-corrected chi connectivity index (χ2v) is 10.6. The molecule has 0 atom stereocenters. The van der Waals surface area contributed by atoms with E-state index < -0.39 is 0 Å². The number of ether oxygens (including phenoxy) is 1. The monoisotopic (exact) mass is 525 g/mol. The minimum Gasteiger partial charge on any atom is -0.494 e. The Kier molecular flexibility index (Phi) is 11.0. The van der Waals surface area contributed by atoms with Crippen molar-refractivity contribution in [1.82, 2.24) is 14.9 Å². The van der Waals surface area contributed by atoms with Crippen molar-refractivity contribution in [2.75, 3.05) is 13.2 Å². The SMILES string of the molecule is CC(C)c1ccc(OCCCCn2c(CCCCCNC(=O)CCc3ccccc3)nc3ccccc32)cc1. The number of imidazole rings is 1. The van der Waals surface area contributed by atoms with E-state index in [0.717, 1.165) is 81.7 Å². The van der Waals surface area contributed by atoms with Gasteiger partial charge >= 0.3 is 0 Å². The fourth-order valence-corrected chi connectivity index (χ4v) is 4.88. The molecule has 1 aromatic heterocycles. The Balaban J connectivity index is 1.16. The summed E-state index contributed by atoms with van der Waals surface area (Å²) in [5.41, 5.74) is 4.83. The number of hydrogen-bond donors (Lipinski definition) is 1. The van der Waals surface area contributed by atoms with Crippen LogP contribution in [0.3, 0.4) is 0 Å². The topological polar surface area (TPSA) is 56.1 Å². The van der Waals surface area contributed by atoms with Gasteiger partial charge in [0.05, 0.1) is 17.6 Å². The Hall–Kier alpha value is -3.60. The molecule has 0 unspecified atom stereocenters. The van der Waals surface area contributed by atoms with E-state index in [0.29, 0.717) is 12.3 Å². The molecule has 5 nitrogen and oxygen atoms in total. The highest BCUT2D eigenvalue weighted by Crippen LogP contribution is 2.20. The summed E-state index contributed by atoms with van der Waals surface area (Å²) in [6.07, 6.45) is 7.48. The van der Waals surface area contributed by atoms with Crippen LogP contribution >= 0.6 is 0 Å². The maximum atomic E-state index is 12.1. The summed E-state index contributed by atoms with van der Waals surface area (Å²) in [6.45, 7) is 6.82. The number of aromatic nitrogens is 2. The van der Waals surface area contributed by atoms with Crippen LogP contribution in [0.4, 0.5) is 0 Å². The summed E-state index contributed by atoms with van der Waals surface area (Å²) < 4.78 is 8.37. The van der Waals surface area contributed by atoms with Crippen LogP contribution in [0.1, 0.15) is 75.2 Å². The smallest absolute Gasteiger partial charge is 0.220 e. The number of nitrogens with one attached hydrogen (secondary N) is 1. The third kappa shape index (κ3) is 8.98. The van der Waals surface area contributed by atoms with Crippen LogP contribution in [-0.2, 0) is 24.2 Å². The van der Waals surface area contributed by atoms with Crippen LogP contribution in [0.15, 0.2) is 78.9 Å². The number of nitrogens with zero attached hydrogens (tertiary/aromatic N) is 2. The van der Waals surface area contributed by atoms with E-state index in [1.165, 1.54) is 16.6 Å². The van der Waals surface area contributed by atoms with E-state index in [-0.39, 0.29) is 5.91 Å². The van der Waals surface area contributed by atoms with Crippen LogP contribution in [-0.4, -0.2) is 28.6 Å². The van der Waals surface area contributed by atoms with Gasteiger partial charge in [0, 0.05) is 25.9 Å². The van der Waals surface area contributed by atoms with Crippen molar-refractivity contribution >= 4 is 16.9 Å². The van der Waals surface area contributed by atoms with E-state index in [1.807, 2.05) is 18.2 Å². The number of amides is 1. The van der Waals surface area contributed by atoms with Gasteiger partial charge in [-0.15, -0.1) is 0 Å². The molecule has 0 saturated carbocycles. The predicted octanol–water partition coefficient (Wildman–Crippen LogP) is 7.48. The summed E-state index contributed by atoms with van der Waals surface area (Å²) >= 11 is 0. The number of carbonyl (C=O) groups excluding carboxylic acids is 1. The van der Waals surface area contributed by atoms with Gasteiger partial charge in [0.2, 0.25) is 5.91 Å². The highest BCUT2D eigenvalue weighted by molar-refractivity contribution is 5.76. The first-order valence-electron chi connectivity index (χ1n) is 14.6. The molecule has 4 aromatic rings. The number of benzene rings is 3. The number of rotatable bonds is 16. The van der Waals surface area contributed by atoms with E-state index in [1.54, 1.807) is 0 Å². The molecule has 1 heterocycles. The Morgan fingerprint density at radius 2 is 1.62 bits per heavy atom. The Morgan fingerprint density at radius 3 is 2.41 bits per heavy atom. The van der Waals surface area contributed by atoms with Crippen molar-refractivity contribution in [3.8, 4) is 5.75 Å². The summed E-state index contributed by atoms with van der Waals surface area (Å²) in [5, 5.41) is 3.07. The lowest BCUT2D eigenvalue weighted by Crippen LogP contribution is -2.24. The number of aryl methyl sites for hydroxylation is 3. The molecular weight excluding hydrogens is 482 g/mol. The zero-order chi connectivity index (χ0) is 27.3. The first kappa shape index (κ1) is 28.4. The molecule has 0 saturated heterocycles. The molecule has 206 valence electrons. The Bertz CT molecular complexity index is 1280. The summed E-state index contributed by atoms with van der Waals surface area (Å²) in [4.78, 5) is 17.1. The van der Waals surface area contributed by atoms with Gasteiger partial charge in [-0.05, 0) is 73.4 Å². The normalized spacial score (nSPS) is 11.3. The van der Waals surface area contributed by atoms with E-state index in [2.05, 4.69) is 84.4 Å². The maximum Gasteiger partial charge on any atom is 0.220 e. The van der Waals surface area contributed by atoms with Gasteiger partial charge in [0.25, 0.3) is 0 Å². The van der Waals surface area contributed by atoms with E-state index in [9.17, 15) is 4.79 Å². The fraction of sp³-hybridized carbons (Fsp3) is 0.412. The third-order valence-corrected chi connectivity index (χ3v) is 7.21. The lowest BCUT2D eigenvalue weighted by atomic mass is 10.0. The van der Waals surface area contributed by atoms with Gasteiger partial charge in [-0.25, -0.2) is 4.98 Å². The lowest BCUT2D eigenvalue weighted by molar-refractivity contribution is -0.121. The first-order chi connectivity index (χ1) is 19.1. The van der Waals surface area contributed by atoms with Crippen molar-refractivity contribution in [2.45, 2.75) is 77.7 Å². The molecule has 4 rings (SSSR count). The minimum absolute atomic E-state index is 0.136. The van der Waals surface area contributed by atoms with Gasteiger partial charge in [0.15, 0.2) is 0 Å². The second kappa shape index (κ2) is 15.1. The molecule has 0 bridgehead atoms. The van der Waals surface area contributed by atoms with Crippen molar-refractivity contribution in [1.29, 1.82) is 0 Å². The van der Waals surface area contributed by atoms with Crippen LogP contribution in [0, 0.1) is 0 Å². The van der Waals surface area contributed by atoms with Gasteiger partial charge in [-0.1, -0.05) is 74.9 Å². The average Bonchev–Trinajstić information content (AvgIpc) is 3.31. The molecular formula is C34H43N3O2. The van der Waals surface area contributed by atoms with Gasteiger partial charge in [-0.3, -0.25) is 4.79 Å². The zero-order valence-corrected chi connectivity index (χ0v) is 23.6. The lowest BCUT2D eigenvalue weighted by Gasteiger charge is -2.11. The molecule has 1 N–H and O–H groups in total. The molecule has 0 radical (unpaired) electrons. The molecule has 5 heteroatoms. The minimum atomic E-state index is 0.136. The summed E-state index contributed by atoms with van der Waals surface area (Å²) in [6, 6.07) is 27.1. The summed E-state index contributed by atoms with van der Waals surface area (Å²) in [5.74, 6) is 2.78. The number of fused-ring (bicyclic) bond motifs is 1. The molecule has 3 aromatic carbocycles. The Morgan fingerprint density at radius 1 is 0.846 bits per heavy atom. The zero-order valence-electron chi connectivity index (χ0n) is 23.6. The van der Waals surface area contributed by atoms with Gasteiger partial charge < -0.3 is 14.6 Å². The maximum absolute atomic E-state index is 12.1. The summed E-state index contributed by atoms with van der Waals surface area (Å²) in [7, 11) is 0. The highest BCUT2D eigenvalue weighted by Gasteiger charge is 2.10. The van der Waals surface area contributed by atoms with Crippen LogP contribution < -0.4 is 10.1 Å². The van der Waals surface area contributed by atoms with Crippen LogP contribution in [0.25, 0.3) is 11.0 Å². The molecule has 0 aliphatic rings. The number of para-hydroxylation sites is 2. The van der Waals surface area contributed by atoms with Crippen molar-refractivity contribution in [2.24, 2.45) is 0 Å². The molecule has 0 aliphatic heterocycles. The number of unbranched alkanes of at least 4 members (excludes halogenated alkanes) is 3. The second-order valence-electron chi connectivity index (χ2n) is 10.6. The number of carbonyl (C=O) groups is 1. The quantitative estimate of drug-likeness (QED) is 0.154. The fourth-order valence-electron chi connectivity index (χ4n) is 4.88. The van der Waals surface area contributed by atoms with Crippen molar-refractivity contribution < 1.29 is 9.53 Å². The predicted molar refractivity (Wildman–Crippen MR) is 160 cm³/mol. The van der Waals surface area contributed by atoms with E-state index >= 15 is 0 Å². The average molecular weight is 526 g/mol. The third-order valence-electron chi connectivity index (χ3n) is 7.21. The molecule has 1 amide bonds. The highest BCUT2D eigenvalue weighted by atomic mass is 16.5. The van der Waals surface area contributed by atoms with E-state index in [4.69, 9.17) is 9.72 Å². The largest absolute Gasteiger partial charge is 0.494 e. The van der Waals surface area contributed by atoms with Crippen molar-refractivity contribution in [3.63, 3.8) is 0 Å². The molecule has 0 spiro atoms. The van der Waals surface area contributed by atoms with Crippen LogP contribution in [0.5, 0.6) is 5.75 Å². The standard InChI is InChI=1S/C34H43N3O2/c1-27(2)29-19-21-30(22-20-29)39-26-12-11-25-37-32-16-9-8-15-31(32)36-33(37)17-7-4-10-24-35-34(38)23-18-28-13-5-3-6-14-28/h3,5-6,8-9,13-16,19-22,27H,4,7,10-12,17-18,23-26H2,1-2H3,(H,35,38). The Labute approximate surface area is 233 Å². The van der Waals surface area contributed by atoms with Gasteiger partial charge in [0.1, 0.15) is 11.6 Å². The molecule has 0 aliphatic carbocycles. The first-order valence-corrected chi connectivity index (χ1v) is 14.6. The molecule has 39 heavy (non-hydrogen) atoms. The van der Waals surface area contributed by atoms with Crippen LogP contribution in [0.2, 0.25) is 0 Å². The van der Waals surface area contributed by atoms with Crippen molar-refractivity contribution in [3.05, 3.63) is 95.8 Å². The number of hydrogen-bond acceptors (Lipinski definition) is 3. The van der Waals surface area contributed by atoms with Gasteiger partial charge in [-0.2, -0.15) is 0 Å². The molecule has 0 fully saturated rings.